The number of halogens is 1. The number of carbonyl (C=O) groups excluding carboxylic acids is 2. The first-order valence-corrected chi connectivity index (χ1v) is 17.2. The van der Waals surface area contributed by atoms with Gasteiger partial charge in [-0.3, -0.25) is 9.59 Å². The van der Waals surface area contributed by atoms with Gasteiger partial charge in [0, 0.05) is 30.4 Å². The molecule has 0 aliphatic heterocycles. The van der Waals surface area contributed by atoms with Crippen LogP contribution in [0.15, 0.2) is 0 Å². The van der Waals surface area contributed by atoms with Crippen LogP contribution >= 0.6 is 11.6 Å². The molecule has 0 aromatic rings. The molecule has 6 unspecified atom stereocenters. The average Bonchev–Trinajstić information content (AvgIpc) is 3.66. The van der Waals surface area contributed by atoms with E-state index in [1.54, 1.807) is 0 Å². The molecule has 0 spiro atoms. The number of hydrogen-bond acceptors (Lipinski definition) is 4. The van der Waals surface area contributed by atoms with Gasteiger partial charge >= 0.3 is 0 Å². The Kier molecular flexibility index (Phi) is 9.91. The standard InChI is InChI=1S/C29H49ClN2O4S/c1-4-32(27-7-5-6-19(2)20(27)3)29(34)25-15-12-23(17-26(25)30)31-28(33)16-21-10-13-24(14-11-21)37(35,36)18-22-8-9-22/h19-27H,4-18H2,1-3H3,(H,31,33). The van der Waals surface area contributed by atoms with Crippen LogP contribution in [0, 0.1) is 29.6 Å². The maximum atomic E-state index is 13.6. The molecule has 1 N–H and O–H groups in total. The van der Waals surface area contributed by atoms with Crippen molar-refractivity contribution in [3.63, 3.8) is 0 Å². The number of sulfone groups is 1. The summed E-state index contributed by atoms with van der Waals surface area (Å²) in [4.78, 5) is 28.5. The Balaban J connectivity index is 1.21. The van der Waals surface area contributed by atoms with E-state index in [1.165, 1.54) is 12.8 Å². The summed E-state index contributed by atoms with van der Waals surface area (Å²) in [5, 5.41) is 2.72. The minimum absolute atomic E-state index is 0.0120. The van der Waals surface area contributed by atoms with E-state index in [0.29, 0.717) is 55.2 Å². The van der Waals surface area contributed by atoms with Crippen molar-refractivity contribution < 1.29 is 18.0 Å². The van der Waals surface area contributed by atoms with Gasteiger partial charge in [0.1, 0.15) is 0 Å². The van der Waals surface area contributed by atoms with Gasteiger partial charge in [-0.25, -0.2) is 8.42 Å². The molecule has 0 aromatic heterocycles. The fourth-order valence-corrected chi connectivity index (χ4v) is 9.98. The van der Waals surface area contributed by atoms with Crippen molar-refractivity contribution in [2.75, 3.05) is 12.3 Å². The van der Waals surface area contributed by atoms with E-state index in [1.807, 2.05) is 0 Å². The molecular formula is C29H49ClN2O4S. The largest absolute Gasteiger partial charge is 0.353 e. The Bertz CT molecular complexity index is 900. The van der Waals surface area contributed by atoms with E-state index in [0.717, 1.165) is 51.5 Å². The molecule has 0 bridgehead atoms. The smallest absolute Gasteiger partial charge is 0.227 e. The third-order valence-electron chi connectivity index (χ3n) is 10.1. The molecule has 8 heteroatoms. The van der Waals surface area contributed by atoms with Gasteiger partial charge in [-0.1, -0.05) is 26.7 Å². The number of nitrogens with one attached hydrogen (secondary N) is 1. The Hall–Kier alpha value is -0.820. The van der Waals surface area contributed by atoms with Crippen LogP contribution < -0.4 is 5.32 Å². The quantitative estimate of drug-likeness (QED) is 0.389. The van der Waals surface area contributed by atoms with E-state index >= 15 is 0 Å². The third-order valence-corrected chi connectivity index (χ3v) is 13.0. The normalized spacial score (nSPS) is 37.1. The Labute approximate surface area is 229 Å². The fraction of sp³-hybridized carbons (Fsp3) is 0.931. The lowest BCUT2D eigenvalue weighted by Crippen LogP contribution is -2.52. The summed E-state index contributed by atoms with van der Waals surface area (Å²) in [6.45, 7) is 7.39. The third kappa shape index (κ3) is 7.43. The molecule has 0 radical (unpaired) electrons. The summed E-state index contributed by atoms with van der Waals surface area (Å²) in [5.41, 5.74) is 0. The molecule has 4 aliphatic rings. The number of alkyl halides is 1. The second-order valence-electron chi connectivity index (χ2n) is 12.8. The highest BCUT2D eigenvalue weighted by molar-refractivity contribution is 7.92. The molecule has 4 rings (SSSR count). The molecule has 4 fully saturated rings. The van der Waals surface area contributed by atoms with Crippen molar-refractivity contribution in [3.8, 4) is 0 Å². The monoisotopic (exact) mass is 556 g/mol. The SMILES string of the molecule is CCN(C(=O)C1CCC(NC(=O)CC2CCC(S(=O)(=O)CC3CC3)CC2)CC1Cl)C1CCCC(C)C1C. The lowest BCUT2D eigenvalue weighted by Gasteiger charge is -2.44. The molecule has 37 heavy (non-hydrogen) atoms. The molecule has 6 nitrogen and oxygen atoms in total. The van der Waals surface area contributed by atoms with Crippen molar-refractivity contribution in [3.05, 3.63) is 0 Å². The first kappa shape index (κ1) is 29.2. The molecule has 2 amide bonds. The van der Waals surface area contributed by atoms with E-state index in [2.05, 4.69) is 31.0 Å². The maximum Gasteiger partial charge on any atom is 0.227 e. The summed E-state index contributed by atoms with van der Waals surface area (Å²) in [7, 11) is -2.98. The highest BCUT2D eigenvalue weighted by Gasteiger charge is 2.41. The lowest BCUT2D eigenvalue weighted by atomic mass is 9.76. The van der Waals surface area contributed by atoms with Crippen molar-refractivity contribution >= 4 is 33.3 Å². The van der Waals surface area contributed by atoms with Gasteiger partial charge < -0.3 is 10.2 Å². The highest BCUT2D eigenvalue weighted by atomic mass is 35.5. The van der Waals surface area contributed by atoms with Gasteiger partial charge in [0.25, 0.3) is 0 Å². The summed E-state index contributed by atoms with van der Waals surface area (Å²) in [6, 6.07) is 0.319. The minimum Gasteiger partial charge on any atom is -0.353 e. The van der Waals surface area contributed by atoms with Crippen LogP contribution in [0.3, 0.4) is 0 Å². The summed E-state index contributed by atoms with van der Waals surface area (Å²) < 4.78 is 25.2. The zero-order valence-electron chi connectivity index (χ0n) is 23.2. The predicted octanol–water partition coefficient (Wildman–Crippen LogP) is 5.33. The highest BCUT2D eigenvalue weighted by Crippen LogP contribution is 2.38. The van der Waals surface area contributed by atoms with Gasteiger partial charge in [0.2, 0.25) is 11.8 Å². The zero-order chi connectivity index (χ0) is 26.7. The first-order valence-electron chi connectivity index (χ1n) is 15.0. The van der Waals surface area contributed by atoms with Gasteiger partial charge in [-0.2, -0.15) is 0 Å². The van der Waals surface area contributed by atoms with Crippen molar-refractivity contribution in [1.29, 1.82) is 0 Å². The summed E-state index contributed by atoms with van der Waals surface area (Å²) in [5.74, 6) is 2.24. The van der Waals surface area contributed by atoms with Crippen LogP contribution in [-0.2, 0) is 19.4 Å². The molecule has 212 valence electrons. The van der Waals surface area contributed by atoms with Crippen LogP contribution in [0.4, 0.5) is 0 Å². The number of hydrogen-bond donors (Lipinski definition) is 1. The van der Waals surface area contributed by atoms with E-state index in [9.17, 15) is 18.0 Å². The van der Waals surface area contributed by atoms with Crippen molar-refractivity contribution in [1.82, 2.24) is 10.2 Å². The number of amides is 2. The Morgan fingerprint density at radius 3 is 2.22 bits per heavy atom. The van der Waals surface area contributed by atoms with Gasteiger partial charge in [0.15, 0.2) is 9.84 Å². The molecule has 0 aromatic carbocycles. The van der Waals surface area contributed by atoms with Gasteiger partial charge in [-0.15, -0.1) is 11.6 Å². The predicted molar refractivity (Wildman–Crippen MR) is 149 cm³/mol. The topological polar surface area (TPSA) is 83.6 Å². The van der Waals surface area contributed by atoms with E-state index in [4.69, 9.17) is 11.6 Å². The van der Waals surface area contributed by atoms with Gasteiger partial charge in [0.05, 0.1) is 16.9 Å². The second-order valence-corrected chi connectivity index (χ2v) is 15.7. The average molecular weight is 557 g/mol. The molecule has 0 heterocycles. The summed E-state index contributed by atoms with van der Waals surface area (Å²) in [6.07, 6.45) is 11.2. The number of nitrogens with zero attached hydrogens (tertiary/aromatic N) is 1. The Morgan fingerprint density at radius 1 is 0.919 bits per heavy atom. The number of carbonyl (C=O) groups is 2. The summed E-state index contributed by atoms with van der Waals surface area (Å²) >= 11 is 6.80. The molecule has 6 atom stereocenters. The molecular weight excluding hydrogens is 508 g/mol. The van der Waals surface area contributed by atoms with E-state index in [-0.39, 0.29) is 40.3 Å². The Morgan fingerprint density at radius 2 is 1.59 bits per heavy atom. The van der Waals surface area contributed by atoms with Crippen LogP contribution in [-0.4, -0.2) is 60.1 Å². The zero-order valence-corrected chi connectivity index (χ0v) is 24.7. The van der Waals surface area contributed by atoms with Crippen molar-refractivity contribution in [2.24, 2.45) is 29.6 Å². The molecule has 0 saturated heterocycles. The van der Waals surface area contributed by atoms with Crippen LogP contribution in [0.1, 0.15) is 104 Å². The van der Waals surface area contributed by atoms with Gasteiger partial charge in [-0.05, 0) is 94.8 Å². The van der Waals surface area contributed by atoms with E-state index < -0.39 is 9.84 Å². The van der Waals surface area contributed by atoms with Crippen molar-refractivity contribution in [2.45, 2.75) is 127 Å². The number of rotatable bonds is 9. The fourth-order valence-electron chi connectivity index (χ4n) is 7.28. The minimum atomic E-state index is -2.98. The second kappa shape index (κ2) is 12.6. The lowest BCUT2D eigenvalue weighted by molar-refractivity contribution is -0.141. The maximum absolute atomic E-state index is 13.6. The van der Waals surface area contributed by atoms with Crippen LogP contribution in [0.5, 0.6) is 0 Å². The van der Waals surface area contributed by atoms with Crippen LogP contribution in [0.2, 0.25) is 0 Å². The molecule has 4 saturated carbocycles. The van der Waals surface area contributed by atoms with Crippen LogP contribution in [0.25, 0.3) is 0 Å². The molecule has 4 aliphatic carbocycles. The first-order chi connectivity index (χ1) is 17.6.